The highest BCUT2D eigenvalue weighted by Gasteiger charge is 2.12. The third-order valence-corrected chi connectivity index (χ3v) is 3.40. The first-order valence-corrected chi connectivity index (χ1v) is 7.68. The molecule has 1 aliphatic rings. The Labute approximate surface area is 122 Å². The van der Waals surface area contributed by atoms with Crippen molar-refractivity contribution in [3.63, 3.8) is 0 Å². The van der Waals surface area contributed by atoms with E-state index in [4.69, 9.17) is 9.47 Å². The zero-order chi connectivity index (χ0) is 13.9. The molecule has 0 spiro atoms. The third-order valence-electron chi connectivity index (χ3n) is 3.40. The van der Waals surface area contributed by atoms with Crippen LogP contribution in [0, 0.1) is 11.8 Å². The molecule has 0 amide bonds. The normalized spacial score (nSPS) is 18.3. The van der Waals surface area contributed by atoms with Crippen LogP contribution in [-0.4, -0.2) is 19.5 Å². The summed E-state index contributed by atoms with van der Waals surface area (Å²) in [6.07, 6.45) is 7.45. The van der Waals surface area contributed by atoms with Crippen molar-refractivity contribution in [1.29, 1.82) is 0 Å². The summed E-state index contributed by atoms with van der Waals surface area (Å²) in [6, 6.07) is 10.6. The van der Waals surface area contributed by atoms with Gasteiger partial charge in [0.1, 0.15) is 0 Å². The van der Waals surface area contributed by atoms with Gasteiger partial charge in [-0.15, -0.1) is 11.8 Å². The molecule has 20 heavy (non-hydrogen) atoms. The van der Waals surface area contributed by atoms with E-state index < -0.39 is 0 Å². The van der Waals surface area contributed by atoms with E-state index >= 15 is 0 Å². The number of hydrogen-bond acceptors (Lipinski definition) is 2. The molecule has 2 nitrogen and oxygen atoms in total. The minimum Gasteiger partial charge on any atom is -0.353 e. The Kier molecular flexibility index (Phi) is 7.23. The molecule has 1 unspecified atom stereocenters. The maximum Gasteiger partial charge on any atom is 0.157 e. The van der Waals surface area contributed by atoms with E-state index in [9.17, 15) is 0 Å². The summed E-state index contributed by atoms with van der Waals surface area (Å²) in [5.41, 5.74) is 1.40. The summed E-state index contributed by atoms with van der Waals surface area (Å²) in [5.74, 6) is 6.40. The maximum absolute atomic E-state index is 5.63. The van der Waals surface area contributed by atoms with Gasteiger partial charge in [-0.25, -0.2) is 0 Å². The molecule has 2 rings (SSSR count). The zero-order valence-corrected chi connectivity index (χ0v) is 12.1. The monoisotopic (exact) mass is 272 g/mol. The number of aryl methyl sites for hydroxylation is 1. The molecule has 1 aliphatic heterocycles. The summed E-state index contributed by atoms with van der Waals surface area (Å²) in [7, 11) is 0. The molecule has 1 heterocycles. The van der Waals surface area contributed by atoms with E-state index in [2.05, 4.69) is 42.2 Å². The smallest absolute Gasteiger partial charge is 0.157 e. The second-order valence-corrected chi connectivity index (χ2v) is 5.11. The number of benzene rings is 1. The van der Waals surface area contributed by atoms with Crippen molar-refractivity contribution < 1.29 is 9.47 Å². The highest BCUT2D eigenvalue weighted by Crippen LogP contribution is 2.13. The molecule has 1 atom stereocenters. The first-order valence-electron chi connectivity index (χ1n) is 7.68. The van der Waals surface area contributed by atoms with E-state index in [-0.39, 0.29) is 6.29 Å². The molecule has 0 bridgehead atoms. The van der Waals surface area contributed by atoms with Crippen LogP contribution in [-0.2, 0) is 15.9 Å². The van der Waals surface area contributed by atoms with Crippen LogP contribution < -0.4 is 0 Å². The van der Waals surface area contributed by atoms with Crippen LogP contribution in [0.5, 0.6) is 0 Å². The predicted octanol–water partition coefficient (Wildman–Crippen LogP) is 3.95. The quantitative estimate of drug-likeness (QED) is 0.577. The average molecular weight is 272 g/mol. The van der Waals surface area contributed by atoms with E-state index in [0.29, 0.717) is 6.61 Å². The maximum atomic E-state index is 5.63. The van der Waals surface area contributed by atoms with Gasteiger partial charge >= 0.3 is 0 Å². The number of hydrogen-bond donors (Lipinski definition) is 0. The molecule has 108 valence electrons. The van der Waals surface area contributed by atoms with E-state index in [0.717, 1.165) is 38.7 Å². The van der Waals surface area contributed by atoms with Crippen LogP contribution in [0.2, 0.25) is 0 Å². The van der Waals surface area contributed by atoms with Crippen molar-refractivity contribution in [1.82, 2.24) is 0 Å². The Morgan fingerprint density at radius 1 is 1.10 bits per heavy atom. The molecule has 0 saturated carbocycles. The van der Waals surface area contributed by atoms with Gasteiger partial charge in [0, 0.05) is 19.4 Å². The first kappa shape index (κ1) is 15.1. The van der Waals surface area contributed by atoms with Crippen LogP contribution in [0.4, 0.5) is 0 Å². The summed E-state index contributed by atoms with van der Waals surface area (Å²) in [6.45, 7) is 1.53. The van der Waals surface area contributed by atoms with Gasteiger partial charge in [-0.3, -0.25) is 0 Å². The predicted molar refractivity (Wildman–Crippen MR) is 81.3 cm³/mol. The topological polar surface area (TPSA) is 18.5 Å². The molecule has 1 aromatic carbocycles. The van der Waals surface area contributed by atoms with Crippen molar-refractivity contribution in [2.24, 2.45) is 0 Å². The van der Waals surface area contributed by atoms with Gasteiger partial charge in [0.25, 0.3) is 0 Å². The Morgan fingerprint density at radius 3 is 2.75 bits per heavy atom. The lowest BCUT2D eigenvalue weighted by molar-refractivity contribution is -0.161. The lowest BCUT2D eigenvalue weighted by Gasteiger charge is -2.22. The zero-order valence-electron chi connectivity index (χ0n) is 12.1. The standard InChI is InChI=1S/C18H24O2/c1(2-5-11-17-12-6-4-7-13-17)3-9-15-19-18-14-8-10-16-20-18/h4,6-7,12-13,18H,2,5,8-11,14-16H2. The van der Waals surface area contributed by atoms with Gasteiger partial charge < -0.3 is 9.47 Å². The molecule has 1 fully saturated rings. The van der Waals surface area contributed by atoms with E-state index in [1.165, 1.54) is 18.4 Å². The fraction of sp³-hybridized carbons (Fsp3) is 0.556. The molecular formula is C18H24O2. The van der Waals surface area contributed by atoms with Crippen molar-refractivity contribution >= 4 is 0 Å². The molecule has 1 saturated heterocycles. The van der Waals surface area contributed by atoms with E-state index in [1.54, 1.807) is 0 Å². The van der Waals surface area contributed by atoms with Crippen molar-refractivity contribution in [3.8, 4) is 11.8 Å². The number of ether oxygens (including phenoxy) is 2. The molecule has 0 radical (unpaired) electrons. The van der Waals surface area contributed by atoms with Gasteiger partial charge in [-0.05, 0) is 37.7 Å². The number of unbranched alkanes of at least 4 members (excludes halogenated alkanes) is 1. The van der Waals surface area contributed by atoms with Crippen LogP contribution in [0.15, 0.2) is 30.3 Å². The summed E-state index contributed by atoms with van der Waals surface area (Å²) in [4.78, 5) is 0. The SMILES string of the molecule is C(#CCCOC1CCCCO1)CCCc1ccccc1. The Morgan fingerprint density at radius 2 is 1.95 bits per heavy atom. The van der Waals surface area contributed by atoms with Crippen LogP contribution >= 0.6 is 0 Å². The molecule has 0 aromatic heterocycles. The van der Waals surface area contributed by atoms with E-state index in [1.807, 2.05) is 0 Å². The largest absolute Gasteiger partial charge is 0.353 e. The minimum atomic E-state index is 0.0173. The third kappa shape index (κ3) is 6.23. The van der Waals surface area contributed by atoms with Crippen molar-refractivity contribution in [3.05, 3.63) is 35.9 Å². The highest BCUT2D eigenvalue weighted by molar-refractivity contribution is 5.14. The van der Waals surface area contributed by atoms with Gasteiger partial charge in [0.05, 0.1) is 6.61 Å². The summed E-state index contributed by atoms with van der Waals surface area (Å²) in [5, 5.41) is 0. The van der Waals surface area contributed by atoms with Gasteiger partial charge in [-0.1, -0.05) is 30.3 Å². The molecule has 0 aliphatic carbocycles. The highest BCUT2D eigenvalue weighted by atomic mass is 16.7. The fourth-order valence-electron chi connectivity index (χ4n) is 2.29. The van der Waals surface area contributed by atoms with Gasteiger partial charge in [0.15, 0.2) is 6.29 Å². The molecule has 0 N–H and O–H groups in total. The van der Waals surface area contributed by atoms with Crippen molar-refractivity contribution in [2.75, 3.05) is 13.2 Å². The second kappa shape index (κ2) is 9.58. The van der Waals surface area contributed by atoms with Crippen LogP contribution in [0.1, 0.15) is 44.1 Å². The fourth-order valence-corrected chi connectivity index (χ4v) is 2.29. The Bertz CT molecular complexity index is 410. The van der Waals surface area contributed by atoms with Gasteiger partial charge in [-0.2, -0.15) is 0 Å². The second-order valence-electron chi connectivity index (χ2n) is 5.11. The average Bonchev–Trinajstić information content (AvgIpc) is 2.52. The minimum absolute atomic E-state index is 0.0173. The lowest BCUT2D eigenvalue weighted by Crippen LogP contribution is -2.22. The number of rotatable bonds is 6. The van der Waals surface area contributed by atoms with Crippen LogP contribution in [0.25, 0.3) is 0 Å². The summed E-state index contributed by atoms with van der Waals surface area (Å²) < 4.78 is 11.1. The van der Waals surface area contributed by atoms with Gasteiger partial charge in [0.2, 0.25) is 0 Å². The Hall–Kier alpha value is -1.30. The molecular weight excluding hydrogens is 248 g/mol. The van der Waals surface area contributed by atoms with Crippen molar-refractivity contribution in [2.45, 2.75) is 51.2 Å². The Balaban J connectivity index is 1.48. The molecule has 1 aromatic rings. The first-order chi connectivity index (χ1) is 9.95. The molecule has 2 heteroatoms. The van der Waals surface area contributed by atoms with Crippen LogP contribution in [0.3, 0.4) is 0 Å². The summed E-state index contributed by atoms with van der Waals surface area (Å²) >= 11 is 0. The lowest BCUT2D eigenvalue weighted by atomic mass is 10.1.